The monoisotopic (exact) mass is 217 g/mol. The lowest BCUT2D eigenvalue weighted by molar-refractivity contribution is -0.144. The highest BCUT2D eigenvalue weighted by Gasteiger charge is 2.07. The first-order valence-electron chi connectivity index (χ1n) is 5.01. The van der Waals surface area contributed by atoms with Crippen LogP contribution in [0.4, 0.5) is 0 Å². The SMILES string of the molecule is CCOC(=O)CN(C)CCCC(=O)OC. The van der Waals surface area contributed by atoms with E-state index in [1.54, 1.807) is 6.92 Å². The van der Waals surface area contributed by atoms with Crippen LogP contribution in [0.25, 0.3) is 0 Å². The van der Waals surface area contributed by atoms with Crippen LogP contribution in [0.2, 0.25) is 0 Å². The number of hydrogen-bond donors (Lipinski definition) is 0. The molecule has 0 amide bonds. The third kappa shape index (κ3) is 7.93. The highest BCUT2D eigenvalue weighted by molar-refractivity contribution is 5.71. The number of ether oxygens (including phenoxy) is 2. The van der Waals surface area contributed by atoms with E-state index in [-0.39, 0.29) is 18.5 Å². The third-order valence-corrected chi connectivity index (χ3v) is 1.85. The molecule has 0 radical (unpaired) electrons. The molecule has 0 aromatic rings. The molecular formula is C10H19NO4. The van der Waals surface area contributed by atoms with Crippen LogP contribution >= 0.6 is 0 Å². The largest absolute Gasteiger partial charge is 0.469 e. The summed E-state index contributed by atoms with van der Waals surface area (Å²) in [4.78, 5) is 23.7. The van der Waals surface area contributed by atoms with Crippen molar-refractivity contribution in [2.24, 2.45) is 0 Å². The number of carbonyl (C=O) groups is 2. The molecule has 0 heterocycles. The molecule has 0 saturated carbocycles. The van der Waals surface area contributed by atoms with Crippen molar-refractivity contribution in [1.29, 1.82) is 0 Å². The molecule has 0 aliphatic rings. The molecule has 88 valence electrons. The number of hydrogen-bond acceptors (Lipinski definition) is 5. The zero-order chi connectivity index (χ0) is 11.7. The Morgan fingerprint density at radius 3 is 2.47 bits per heavy atom. The van der Waals surface area contributed by atoms with Gasteiger partial charge in [-0.05, 0) is 26.9 Å². The zero-order valence-corrected chi connectivity index (χ0v) is 9.62. The predicted octanol–water partition coefficient (Wildman–Crippen LogP) is 0.434. The highest BCUT2D eigenvalue weighted by atomic mass is 16.5. The van der Waals surface area contributed by atoms with Crippen molar-refractivity contribution in [3.63, 3.8) is 0 Å². The summed E-state index contributed by atoms with van der Waals surface area (Å²) in [5, 5.41) is 0. The van der Waals surface area contributed by atoms with Crippen LogP contribution in [-0.2, 0) is 19.1 Å². The maximum Gasteiger partial charge on any atom is 0.320 e. The molecule has 0 atom stereocenters. The van der Waals surface area contributed by atoms with E-state index in [2.05, 4.69) is 4.74 Å². The van der Waals surface area contributed by atoms with E-state index in [0.29, 0.717) is 26.0 Å². The van der Waals surface area contributed by atoms with Crippen molar-refractivity contribution in [3.8, 4) is 0 Å². The first kappa shape index (κ1) is 13.9. The van der Waals surface area contributed by atoms with Gasteiger partial charge in [-0.25, -0.2) is 0 Å². The maximum atomic E-state index is 11.1. The average molecular weight is 217 g/mol. The molecule has 5 heteroatoms. The second-order valence-corrected chi connectivity index (χ2v) is 3.22. The van der Waals surface area contributed by atoms with Gasteiger partial charge in [-0.3, -0.25) is 14.5 Å². The summed E-state index contributed by atoms with van der Waals surface area (Å²) >= 11 is 0. The summed E-state index contributed by atoms with van der Waals surface area (Å²) in [6.45, 7) is 3.10. The Balaban J connectivity index is 3.52. The second kappa shape index (κ2) is 8.23. The Labute approximate surface area is 90.3 Å². The standard InChI is InChI=1S/C10H19NO4/c1-4-15-10(13)8-11(2)7-5-6-9(12)14-3/h4-8H2,1-3H3. The van der Waals surface area contributed by atoms with E-state index in [0.717, 1.165) is 0 Å². The van der Waals surface area contributed by atoms with Gasteiger partial charge in [0.25, 0.3) is 0 Å². The third-order valence-electron chi connectivity index (χ3n) is 1.85. The van der Waals surface area contributed by atoms with Crippen LogP contribution in [0.3, 0.4) is 0 Å². The lowest BCUT2D eigenvalue weighted by atomic mass is 10.3. The van der Waals surface area contributed by atoms with Crippen LogP contribution in [0.1, 0.15) is 19.8 Å². The van der Waals surface area contributed by atoms with Crippen LogP contribution in [0.5, 0.6) is 0 Å². The Bertz CT molecular complexity index is 206. The summed E-state index contributed by atoms with van der Waals surface area (Å²) < 4.78 is 9.29. The van der Waals surface area contributed by atoms with Gasteiger partial charge in [0, 0.05) is 6.42 Å². The summed E-state index contributed by atoms with van der Waals surface area (Å²) in [6.07, 6.45) is 1.06. The minimum Gasteiger partial charge on any atom is -0.469 e. The fourth-order valence-corrected chi connectivity index (χ4v) is 1.10. The Hall–Kier alpha value is -1.10. The number of nitrogens with zero attached hydrogens (tertiary/aromatic N) is 1. The van der Waals surface area contributed by atoms with E-state index < -0.39 is 0 Å². The first-order chi connectivity index (χ1) is 7.10. The van der Waals surface area contributed by atoms with Gasteiger partial charge < -0.3 is 9.47 Å². The minimum absolute atomic E-state index is 0.223. The van der Waals surface area contributed by atoms with Gasteiger partial charge in [-0.15, -0.1) is 0 Å². The van der Waals surface area contributed by atoms with Gasteiger partial charge in [0.2, 0.25) is 0 Å². The molecule has 0 aliphatic carbocycles. The van der Waals surface area contributed by atoms with Crippen molar-refractivity contribution in [1.82, 2.24) is 4.90 Å². The molecule has 0 bridgehead atoms. The Morgan fingerprint density at radius 1 is 1.27 bits per heavy atom. The smallest absolute Gasteiger partial charge is 0.320 e. The van der Waals surface area contributed by atoms with E-state index >= 15 is 0 Å². The number of rotatable bonds is 7. The molecule has 0 rings (SSSR count). The van der Waals surface area contributed by atoms with Gasteiger partial charge >= 0.3 is 11.9 Å². The van der Waals surface area contributed by atoms with Crippen molar-refractivity contribution in [2.45, 2.75) is 19.8 Å². The average Bonchev–Trinajstić information content (AvgIpc) is 2.17. The molecule has 0 fully saturated rings. The molecular weight excluding hydrogens is 198 g/mol. The fraction of sp³-hybridized carbons (Fsp3) is 0.800. The Morgan fingerprint density at radius 2 is 1.93 bits per heavy atom. The first-order valence-corrected chi connectivity index (χ1v) is 5.01. The van der Waals surface area contributed by atoms with E-state index in [9.17, 15) is 9.59 Å². The molecule has 0 unspecified atom stereocenters. The predicted molar refractivity (Wildman–Crippen MR) is 55.4 cm³/mol. The van der Waals surface area contributed by atoms with Gasteiger partial charge in [0.15, 0.2) is 0 Å². The molecule has 5 nitrogen and oxygen atoms in total. The quantitative estimate of drug-likeness (QED) is 0.579. The maximum absolute atomic E-state index is 11.1. The van der Waals surface area contributed by atoms with E-state index in [1.807, 2.05) is 11.9 Å². The molecule has 0 aromatic heterocycles. The van der Waals surface area contributed by atoms with Gasteiger partial charge in [0.1, 0.15) is 0 Å². The van der Waals surface area contributed by atoms with Crippen molar-refractivity contribution in [3.05, 3.63) is 0 Å². The number of likely N-dealkylation sites (N-methyl/N-ethyl adjacent to an activating group) is 1. The molecule has 0 N–H and O–H groups in total. The summed E-state index contributed by atoms with van der Waals surface area (Å²) in [6, 6.07) is 0. The zero-order valence-electron chi connectivity index (χ0n) is 9.62. The number of methoxy groups -OCH3 is 1. The Kier molecular flexibility index (Phi) is 7.62. The second-order valence-electron chi connectivity index (χ2n) is 3.22. The summed E-state index contributed by atoms with van der Waals surface area (Å²) in [5.74, 6) is -0.461. The summed E-state index contributed by atoms with van der Waals surface area (Å²) in [7, 11) is 3.18. The van der Waals surface area contributed by atoms with E-state index in [4.69, 9.17) is 4.74 Å². The molecule has 0 spiro atoms. The topological polar surface area (TPSA) is 55.8 Å². The summed E-state index contributed by atoms with van der Waals surface area (Å²) in [5.41, 5.74) is 0. The van der Waals surface area contributed by atoms with Crippen molar-refractivity contribution in [2.75, 3.05) is 33.9 Å². The van der Waals surface area contributed by atoms with Crippen LogP contribution in [0, 0.1) is 0 Å². The fourth-order valence-electron chi connectivity index (χ4n) is 1.10. The van der Waals surface area contributed by atoms with Gasteiger partial charge in [-0.1, -0.05) is 0 Å². The number of carbonyl (C=O) groups excluding carboxylic acids is 2. The van der Waals surface area contributed by atoms with Crippen molar-refractivity contribution < 1.29 is 19.1 Å². The molecule has 0 aliphatic heterocycles. The van der Waals surface area contributed by atoms with Crippen LogP contribution < -0.4 is 0 Å². The number of esters is 2. The van der Waals surface area contributed by atoms with Crippen LogP contribution in [0.15, 0.2) is 0 Å². The lowest BCUT2D eigenvalue weighted by Gasteiger charge is -2.14. The molecule has 15 heavy (non-hydrogen) atoms. The lowest BCUT2D eigenvalue weighted by Crippen LogP contribution is -2.28. The molecule has 0 aromatic carbocycles. The van der Waals surface area contributed by atoms with E-state index in [1.165, 1.54) is 7.11 Å². The van der Waals surface area contributed by atoms with Gasteiger partial charge in [0.05, 0.1) is 20.3 Å². The highest BCUT2D eigenvalue weighted by Crippen LogP contribution is 1.95. The molecule has 0 saturated heterocycles. The van der Waals surface area contributed by atoms with Gasteiger partial charge in [-0.2, -0.15) is 0 Å². The van der Waals surface area contributed by atoms with Crippen LogP contribution in [-0.4, -0.2) is 50.7 Å². The normalized spacial score (nSPS) is 10.1. The van der Waals surface area contributed by atoms with Crippen molar-refractivity contribution >= 4 is 11.9 Å². The minimum atomic E-state index is -0.238.